The van der Waals surface area contributed by atoms with E-state index >= 15 is 0 Å². The van der Waals surface area contributed by atoms with Crippen molar-refractivity contribution in [3.8, 4) is 0 Å². The number of thiocarbonyl (C=S) groups is 1. The standard InChI is InChI=1S/C14H14BrN3S/c1-9(10-4-6-17-7-5-10)18-13-3-2-11(14(16)19)8-12(13)15/h2-9,18H,1H3,(H2,16,19). The zero-order valence-corrected chi connectivity index (χ0v) is 12.8. The lowest BCUT2D eigenvalue weighted by molar-refractivity contribution is 0.879. The summed E-state index contributed by atoms with van der Waals surface area (Å²) in [7, 11) is 0. The number of hydrogen-bond acceptors (Lipinski definition) is 3. The molecular weight excluding hydrogens is 322 g/mol. The topological polar surface area (TPSA) is 50.9 Å². The molecule has 0 spiro atoms. The first-order valence-electron chi connectivity index (χ1n) is 5.83. The second kappa shape index (κ2) is 6.12. The predicted molar refractivity (Wildman–Crippen MR) is 86.3 cm³/mol. The lowest BCUT2D eigenvalue weighted by Crippen LogP contribution is -2.11. The monoisotopic (exact) mass is 335 g/mol. The van der Waals surface area contributed by atoms with E-state index in [1.165, 1.54) is 5.56 Å². The molecule has 0 bridgehead atoms. The quantitative estimate of drug-likeness (QED) is 0.837. The molecule has 0 saturated carbocycles. The number of nitrogens with zero attached hydrogens (tertiary/aromatic N) is 1. The molecule has 1 aromatic heterocycles. The van der Waals surface area contributed by atoms with Crippen LogP contribution >= 0.6 is 28.1 Å². The number of aromatic nitrogens is 1. The molecule has 0 amide bonds. The summed E-state index contributed by atoms with van der Waals surface area (Å²) in [4.78, 5) is 4.42. The van der Waals surface area contributed by atoms with Crippen molar-refractivity contribution in [2.45, 2.75) is 13.0 Å². The van der Waals surface area contributed by atoms with Gasteiger partial charge in [0.25, 0.3) is 0 Å². The van der Waals surface area contributed by atoms with Gasteiger partial charge >= 0.3 is 0 Å². The van der Waals surface area contributed by atoms with Crippen LogP contribution in [0, 0.1) is 0 Å². The maximum Gasteiger partial charge on any atom is 0.104 e. The fourth-order valence-electron chi connectivity index (χ4n) is 1.75. The van der Waals surface area contributed by atoms with E-state index in [9.17, 15) is 0 Å². The molecule has 0 radical (unpaired) electrons. The Morgan fingerprint density at radius 2 is 2.00 bits per heavy atom. The van der Waals surface area contributed by atoms with Gasteiger partial charge in [0.1, 0.15) is 4.99 Å². The summed E-state index contributed by atoms with van der Waals surface area (Å²) < 4.78 is 0.943. The Bertz CT molecular complexity index is 586. The largest absolute Gasteiger partial charge is 0.389 e. The number of nitrogens with one attached hydrogen (secondary N) is 1. The van der Waals surface area contributed by atoms with E-state index in [0.29, 0.717) is 4.99 Å². The van der Waals surface area contributed by atoms with Gasteiger partial charge in [0.15, 0.2) is 0 Å². The van der Waals surface area contributed by atoms with Gasteiger partial charge in [-0.05, 0) is 58.7 Å². The highest BCUT2D eigenvalue weighted by Gasteiger charge is 2.08. The summed E-state index contributed by atoms with van der Waals surface area (Å²) in [6, 6.07) is 9.98. The van der Waals surface area contributed by atoms with E-state index in [2.05, 4.69) is 33.2 Å². The van der Waals surface area contributed by atoms with E-state index in [1.807, 2.05) is 30.3 Å². The summed E-state index contributed by atoms with van der Waals surface area (Å²) >= 11 is 8.49. The lowest BCUT2D eigenvalue weighted by atomic mass is 10.1. The Hall–Kier alpha value is -1.46. The van der Waals surface area contributed by atoms with Gasteiger partial charge in [0.2, 0.25) is 0 Å². The highest BCUT2D eigenvalue weighted by atomic mass is 79.9. The third-order valence-electron chi connectivity index (χ3n) is 2.83. The van der Waals surface area contributed by atoms with Crippen LogP contribution in [0.5, 0.6) is 0 Å². The average Bonchev–Trinajstić information content (AvgIpc) is 2.41. The first-order valence-corrected chi connectivity index (χ1v) is 7.04. The number of halogens is 1. The van der Waals surface area contributed by atoms with Crippen molar-refractivity contribution < 1.29 is 0 Å². The van der Waals surface area contributed by atoms with E-state index in [-0.39, 0.29) is 6.04 Å². The van der Waals surface area contributed by atoms with Crippen LogP contribution in [-0.2, 0) is 0 Å². The smallest absolute Gasteiger partial charge is 0.104 e. The van der Waals surface area contributed by atoms with Crippen molar-refractivity contribution in [2.24, 2.45) is 5.73 Å². The summed E-state index contributed by atoms with van der Waals surface area (Å²) in [5, 5.41) is 3.43. The van der Waals surface area contributed by atoms with Crippen LogP contribution in [0.2, 0.25) is 0 Å². The van der Waals surface area contributed by atoms with Gasteiger partial charge in [-0.3, -0.25) is 4.98 Å². The SMILES string of the molecule is CC(Nc1ccc(C(N)=S)cc1Br)c1ccncc1. The molecule has 1 unspecified atom stereocenters. The minimum Gasteiger partial charge on any atom is -0.389 e. The second-order valence-electron chi connectivity index (χ2n) is 4.21. The number of hydrogen-bond donors (Lipinski definition) is 2. The summed E-state index contributed by atoms with van der Waals surface area (Å²) in [6.45, 7) is 2.10. The van der Waals surface area contributed by atoms with E-state index in [1.54, 1.807) is 12.4 Å². The van der Waals surface area contributed by atoms with Gasteiger partial charge in [-0.1, -0.05) is 12.2 Å². The second-order valence-corrected chi connectivity index (χ2v) is 5.50. The molecule has 0 fully saturated rings. The van der Waals surface area contributed by atoms with Gasteiger partial charge in [-0.25, -0.2) is 0 Å². The van der Waals surface area contributed by atoms with Crippen LogP contribution < -0.4 is 11.1 Å². The highest BCUT2D eigenvalue weighted by Crippen LogP contribution is 2.27. The Kier molecular flexibility index (Phi) is 4.50. The van der Waals surface area contributed by atoms with Gasteiger partial charge in [-0.15, -0.1) is 0 Å². The number of pyridine rings is 1. The minimum atomic E-state index is 0.190. The Balaban J connectivity index is 2.18. The van der Waals surface area contributed by atoms with Crippen molar-refractivity contribution in [3.05, 3.63) is 58.3 Å². The molecule has 19 heavy (non-hydrogen) atoms. The predicted octanol–water partition coefficient (Wildman–Crippen LogP) is 3.65. The Morgan fingerprint density at radius 3 is 2.58 bits per heavy atom. The number of anilines is 1. The van der Waals surface area contributed by atoms with E-state index in [4.69, 9.17) is 18.0 Å². The third kappa shape index (κ3) is 3.52. The van der Waals surface area contributed by atoms with Gasteiger partial charge in [0, 0.05) is 34.2 Å². The summed E-state index contributed by atoms with van der Waals surface area (Å²) in [5.41, 5.74) is 8.64. The number of nitrogens with two attached hydrogens (primary N) is 1. The Morgan fingerprint density at radius 1 is 1.32 bits per heavy atom. The first-order chi connectivity index (χ1) is 9.08. The normalized spacial score (nSPS) is 11.9. The lowest BCUT2D eigenvalue weighted by Gasteiger charge is -2.17. The van der Waals surface area contributed by atoms with Gasteiger partial charge in [0.05, 0.1) is 0 Å². The highest BCUT2D eigenvalue weighted by molar-refractivity contribution is 9.10. The molecule has 98 valence electrons. The van der Waals surface area contributed by atoms with Gasteiger partial charge in [-0.2, -0.15) is 0 Å². The zero-order valence-electron chi connectivity index (χ0n) is 10.4. The van der Waals surface area contributed by atoms with Crippen LogP contribution in [0.1, 0.15) is 24.1 Å². The molecule has 0 aliphatic carbocycles. The maximum absolute atomic E-state index is 5.61. The fraction of sp³-hybridized carbons (Fsp3) is 0.143. The van der Waals surface area contributed by atoms with Crippen molar-refractivity contribution in [1.82, 2.24) is 4.98 Å². The maximum atomic E-state index is 5.61. The van der Waals surface area contributed by atoms with Crippen LogP contribution in [0.25, 0.3) is 0 Å². The summed E-state index contributed by atoms with van der Waals surface area (Å²) in [5.74, 6) is 0. The molecule has 0 aliphatic rings. The molecule has 2 rings (SSSR count). The molecule has 0 saturated heterocycles. The average molecular weight is 336 g/mol. The van der Waals surface area contributed by atoms with Crippen LogP contribution in [0.4, 0.5) is 5.69 Å². The van der Waals surface area contributed by atoms with Crippen molar-refractivity contribution in [3.63, 3.8) is 0 Å². The van der Waals surface area contributed by atoms with Crippen LogP contribution in [0.15, 0.2) is 47.2 Å². The molecular formula is C14H14BrN3S. The molecule has 1 heterocycles. The van der Waals surface area contributed by atoms with E-state index in [0.717, 1.165) is 15.7 Å². The zero-order chi connectivity index (χ0) is 13.8. The van der Waals surface area contributed by atoms with Gasteiger partial charge < -0.3 is 11.1 Å². The van der Waals surface area contributed by atoms with Crippen molar-refractivity contribution in [1.29, 1.82) is 0 Å². The molecule has 3 N–H and O–H groups in total. The van der Waals surface area contributed by atoms with Crippen molar-refractivity contribution >= 4 is 38.8 Å². The molecule has 3 nitrogen and oxygen atoms in total. The Labute approximate surface area is 126 Å². The number of rotatable bonds is 4. The molecule has 1 atom stereocenters. The molecule has 5 heteroatoms. The minimum absolute atomic E-state index is 0.190. The van der Waals surface area contributed by atoms with Crippen LogP contribution in [-0.4, -0.2) is 9.97 Å². The number of benzene rings is 1. The van der Waals surface area contributed by atoms with Crippen molar-refractivity contribution in [2.75, 3.05) is 5.32 Å². The van der Waals surface area contributed by atoms with Crippen LogP contribution in [0.3, 0.4) is 0 Å². The molecule has 1 aromatic carbocycles. The van der Waals surface area contributed by atoms with E-state index < -0.39 is 0 Å². The fourth-order valence-corrected chi connectivity index (χ4v) is 2.37. The molecule has 0 aliphatic heterocycles. The first kappa shape index (κ1) is 14.0. The summed E-state index contributed by atoms with van der Waals surface area (Å²) in [6.07, 6.45) is 3.58. The third-order valence-corrected chi connectivity index (χ3v) is 3.72. The molecule has 2 aromatic rings.